The highest BCUT2D eigenvalue weighted by atomic mass is 35.5. The Kier molecular flexibility index (Phi) is 8.55. The average Bonchev–Trinajstić information content (AvgIpc) is 2.39. The van der Waals surface area contributed by atoms with Crippen molar-refractivity contribution in [3.63, 3.8) is 0 Å². The lowest BCUT2D eigenvalue weighted by Crippen LogP contribution is -2.16. The van der Waals surface area contributed by atoms with E-state index in [2.05, 4.69) is 10.8 Å². The Hall–Kier alpha value is -0.220. The molecule has 19 heavy (non-hydrogen) atoms. The van der Waals surface area contributed by atoms with Crippen LogP contribution in [0.15, 0.2) is 23.1 Å². The van der Waals surface area contributed by atoms with Crippen LogP contribution in [0.5, 0.6) is 0 Å². The molecule has 108 valence electrons. The van der Waals surface area contributed by atoms with E-state index in [1.807, 2.05) is 26.1 Å². The first kappa shape index (κ1) is 16.8. The molecule has 2 nitrogen and oxygen atoms in total. The number of hydrogen-bond acceptors (Lipinski definition) is 3. The van der Waals surface area contributed by atoms with Gasteiger partial charge in [0.1, 0.15) is 0 Å². The van der Waals surface area contributed by atoms with Crippen molar-refractivity contribution in [3.05, 3.63) is 28.8 Å². The van der Waals surface area contributed by atoms with Gasteiger partial charge in [-0.05, 0) is 75.0 Å². The van der Waals surface area contributed by atoms with Gasteiger partial charge in [-0.15, -0.1) is 0 Å². The zero-order chi connectivity index (χ0) is 14.1. The molecule has 0 spiro atoms. The largest absolute Gasteiger partial charge is 0.330 e. The molecular weight excluding hydrogens is 276 g/mol. The normalized spacial score (nSPS) is 15.8. The molecule has 0 saturated heterocycles. The molecule has 0 amide bonds. The summed E-state index contributed by atoms with van der Waals surface area (Å²) in [5, 5.41) is 0.794. The molecule has 0 aromatic heterocycles. The molecular formula is C15H25ClN2S. The van der Waals surface area contributed by atoms with Crippen LogP contribution in [0.1, 0.15) is 37.7 Å². The van der Waals surface area contributed by atoms with Crippen molar-refractivity contribution in [2.24, 2.45) is 11.7 Å². The summed E-state index contributed by atoms with van der Waals surface area (Å²) in [6, 6.07) is 5.98. The van der Waals surface area contributed by atoms with E-state index in [4.69, 9.17) is 17.3 Å². The van der Waals surface area contributed by atoms with Crippen molar-refractivity contribution in [2.75, 3.05) is 13.6 Å². The van der Waals surface area contributed by atoms with Gasteiger partial charge in [-0.3, -0.25) is 4.72 Å². The highest BCUT2D eigenvalue weighted by Gasteiger charge is 2.09. The van der Waals surface area contributed by atoms with Crippen molar-refractivity contribution < 1.29 is 0 Å². The number of nitrogens with one attached hydrogen (secondary N) is 1. The van der Waals surface area contributed by atoms with Crippen LogP contribution in [0.2, 0.25) is 5.02 Å². The minimum Gasteiger partial charge on any atom is -0.330 e. The zero-order valence-corrected chi connectivity index (χ0v) is 13.5. The molecule has 0 atom stereocenters. The van der Waals surface area contributed by atoms with E-state index < -0.39 is 0 Å². The third-order valence-corrected chi connectivity index (χ3v) is 4.19. The highest BCUT2D eigenvalue weighted by molar-refractivity contribution is 7.97. The van der Waals surface area contributed by atoms with Crippen molar-refractivity contribution in [2.45, 2.75) is 43.9 Å². The number of halogens is 1. The van der Waals surface area contributed by atoms with Crippen LogP contribution in [0.4, 0.5) is 0 Å². The predicted molar refractivity (Wildman–Crippen MR) is 86.7 cm³/mol. The molecule has 0 aliphatic heterocycles. The first-order valence-corrected chi connectivity index (χ1v) is 8.16. The molecule has 3 N–H and O–H groups in total. The molecule has 1 aromatic carbocycles. The van der Waals surface area contributed by atoms with Crippen molar-refractivity contribution in [3.8, 4) is 0 Å². The predicted octanol–water partition coefficient (Wildman–Crippen LogP) is 4.40. The Bertz CT molecular complexity index is 345. The Balaban J connectivity index is 0.000000200. The Morgan fingerprint density at radius 2 is 1.95 bits per heavy atom. The van der Waals surface area contributed by atoms with Gasteiger partial charge in [0.2, 0.25) is 0 Å². The van der Waals surface area contributed by atoms with Crippen molar-refractivity contribution in [1.82, 2.24) is 4.72 Å². The molecule has 1 aliphatic rings. The lowest BCUT2D eigenvalue weighted by atomic mass is 9.90. The van der Waals surface area contributed by atoms with Gasteiger partial charge in [0, 0.05) is 9.92 Å². The van der Waals surface area contributed by atoms with Crippen LogP contribution in [-0.2, 0) is 0 Å². The maximum Gasteiger partial charge on any atom is 0.0420 e. The number of hydrogen-bond donors (Lipinski definition) is 2. The van der Waals surface area contributed by atoms with E-state index in [-0.39, 0.29) is 0 Å². The lowest BCUT2D eigenvalue weighted by molar-refractivity contribution is 0.366. The van der Waals surface area contributed by atoms with Crippen LogP contribution >= 0.6 is 23.5 Å². The highest BCUT2D eigenvalue weighted by Crippen LogP contribution is 2.22. The van der Waals surface area contributed by atoms with Gasteiger partial charge >= 0.3 is 0 Å². The molecule has 1 aliphatic carbocycles. The number of aryl methyl sites for hydroxylation is 1. The van der Waals surface area contributed by atoms with Gasteiger partial charge in [-0.1, -0.05) is 30.9 Å². The number of rotatable bonds is 3. The fourth-order valence-corrected chi connectivity index (χ4v) is 3.32. The molecule has 0 heterocycles. The first-order valence-electron chi connectivity index (χ1n) is 6.96. The summed E-state index contributed by atoms with van der Waals surface area (Å²) < 4.78 is 3.00. The van der Waals surface area contributed by atoms with Crippen LogP contribution in [0.3, 0.4) is 0 Å². The van der Waals surface area contributed by atoms with E-state index in [1.165, 1.54) is 37.7 Å². The summed E-state index contributed by atoms with van der Waals surface area (Å²) in [4.78, 5) is 1.15. The smallest absolute Gasteiger partial charge is 0.0420 e. The quantitative estimate of drug-likeness (QED) is 0.813. The van der Waals surface area contributed by atoms with Gasteiger partial charge in [0.25, 0.3) is 0 Å². The fraction of sp³-hybridized carbons (Fsp3) is 0.600. The topological polar surface area (TPSA) is 38.0 Å². The molecule has 2 rings (SSSR count). The van der Waals surface area contributed by atoms with E-state index in [0.717, 1.165) is 22.4 Å². The van der Waals surface area contributed by atoms with Crippen LogP contribution in [0.25, 0.3) is 0 Å². The van der Waals surface area contributed by atoms with Gasteiger partial charge < -0.3 is 5.73 Å². The zero-order valence-electron chi connectivity index (χ0n) is 11.9. The molecule has 0 bridgehead atoms. The Morgan fingerprint density at radius 1 is 1.26 bits per heavy atom. The molecule has 0 radical (unpaired) electrons. The average molecular weight is 301 g/mol. The minimum absolute atomic E-state index is 0.794. The molecule has 4 heteroatoms. The van der Waals surface area contributed by atoms with Crippen molar-refractivity contribution in [1.29, 1.82) is 0 Å². The van der Waals surface area contributed by atoms with E-state index in [0.29, 0.717) is 0 Å². The summed E-state index contributed by atoms with van der Waals surface area (Å²) in [6.07, 6.45) is 7.05. The van der Waals surface area contributed by atoms with Gasteiger partial charge in [0.05, 0.1) is 0 Å². The summed E-state index contributed by atoms with van der Waals surface area (Å²) in [5.74, 6) is 0.865. The van der Waals surface area contributed by atoms with Crippen LogP contribution < -0.4 is 10.5 Å². The summed E-state index contributed by atoms with van der Waals surface area (Å²) >= 11 is 7.41. The number of benzene rings is 1. The summed E-state index contributed by atoms with van der Waals surface area (Å²) in [6.45, 7) is 2.95. The van der Waals surface area contributed by atoms with Gasteiger partial charge in [0.15, 0.2) is 0 Å². The van der Waals surface area contributed by atoms with Crippen LogP contribution in [-0.4, -0.2) is 13.6 Å². The van der Waals surface area contributed by atoms with Gasteiger partial charge in [-0.2, -0.15) is 0 Å². The second kappa shape index (κ2) is 9.65. The minimum atomic E-state index is 0.794. The third kappa shape index (κ3) is 7.21. The number of nitrogens with two attached hydrogens (primary N) is 1. The molecule has 1 aromatic rings. The summed E-state index contributed by atoms with van der Waals surface area (Å²) in [5.41, 5.74) is 6.69. The van der Waals surface area contributed by atoms with Gasteiger partial charge in [-0.25, -0.2) is 0 Å². The van der Waals surface area contributed by atoms with Crippen molar-refractivity contribution >= 4 is 23.5 Å². The monoisotopic (exact) mass is 300 g/mol. The Labute approximate surface area is 126 Å². The SMILES string of the molecule is CNSc1cc(C)cc(Cl)c1.NCC1CCCCC1. The Morgan fingerprint density at radius 3 is 2.42 bits per heavy atom. The second-order valence-corrected chi connectivity index (χ2v) is 6.53. The van der Waals surface area contributed by atoms with E-state index in [9.17, 15) is 0 Å². The van der Waals surface area contributed by atoms with Crippen LogP contribution in [0, 0.1) is 12.8 Å². The fourth-order valence-electron chi connectivity index (χ4n) is 2.30. The lowest BCUT2D eigenvalue weighted by Gasteiger charge is -2.18. The van der Waals surface area contributed by atoms with E-state index in [1.54, 1.807) is 11.9 Å². The third-order valence-electron chi connectivity index (χ3n) is 3.29. The van der Waals surface area contributed by atoms with E-state index >= 15 is 0 Å². The standard InChI is InChI=1S/C8H10ClNS.C7H15N/c1-6-3-7(9)5-8(4-6)11-10-2;8-6-7-4-2-1-3-5-7/h3-5,10H,1-2H3;7H,1-6,8H2. The maximum atomic E-state index is 5.84. The summed E-state index contributed by atoms with van der Waals surface area (Å²) in [7, 11) is 1.89. The first-order chi connectivity index (χ1) is 9.15. The molecule has 0 unspecified atom stereocenters. The maximum absolute atomic E-state index is 5.84. The molecule has 1 fully saturated rings. The second-order valence-electron chi connectivity index (χ2n) is 5.01. The molecule has 1 saturated carbocycles.